The second-order valence-corrected chi connectivity index (χ2v) is 4.37. The van der Waals surface area contributed by atoms with E-state index in [0.29, 0.717) is 0 Å². The highest BCUT2D eigenvalue weighted by atomic mass is 16.1. The number of hydrogen-bond acceptors (Lipinski definition) is 2. The number of rotatable bonds is 8. The highest BCUT2D eigenvalue weighted by molar-refractivity contribution is 5.48. The van der Waals surface area contributed by atoms with E-state index in [-0.39, 0.29) is 0 Å². The lowest BCUT2D eigenvalue weighted by Crippen LogP contribution is -1.81. The van der Waals surface area contributed by atoms with Crippen LogP contribution in [0.4, 0.5) is 0 Å². The van der Waals surface area contributed by atoms with Crippen molar-refractivity contribution in [2.24, 2.45) is 0 Å². The van der Waals surface area contributed by atoms with Crippen molar-refractivity contribution in [3.8, 4) is 11.8 Å². The lowest BCUT2D eigenvalue weighted by Gasteiger charge is -1.97. The Kier molecular flexibility index (Phi) is 8.45. The summed E-state index contributed by atoms with van der Waals surface area (Å²) < 4.78 is 0. The molecule has 2 heteroatoms. The lowest BCUT2D eigenvalue weighted by molar-refractivity contribution is -0.107. The molecule has 0 unspecified atom stereocenters. The van der Waals surface area contributed by atoms with Crippen molar-refractivity contribution in [2.75, 3.05) is 0 Å². The number of pyridine rings is 1. The molecule has 0 aliphatic heterocycles. The Labute approximate surface area is 110 Å². The van der Waals surface area contributed by atoms with E-state index in [4.69, 9.17) is 0 Å². The monoisotopic (exact) mass is 243 g/mol. The molecule has 2 nitrogen and oxygen atoms in total. The van der Waals surface area contributed by atoms with Gasteiger partial charge in [0.2, 0.25) is 0 Å². The number of carbonyl (C=O) groups excluding carboxylic acids is 1. The minimum Gasteiger partial charge on any atom is -0.303 e. The molecular formula is C16H21NO. The molecule has 0 aromatic carbocycles. The number of nitrogens with zero attached hydrogens (tertiary/aromatic N) is 1. The maximum Gasteiger partial charge on any atom is 0.119 e. The summed E-state index contributed by atoms with van der Waals surface area (Å²) in [6.07, 6.45) is 13.4. The zero-order chi connectivity index (χ0) is 12.9. The van der Waals surface area contributed by atoms with Gasteiger partial charge in [-0.05, 0) is 25.0 Å². The van der Waals surface area contributed by atoms with E-state index >= 15 is 0 Å². The third-order valence-corrected chi connectivity index (χ3v) is 2.77. The van der Waals surface area contributed by atoms with Crippen LogP contribution in [0.25, 0.3) is 0 Å². The standard InChI is InChI=1S/C16H21NO/c18-14-9-7-5-3-1-2-4-6-8-11-16-12-10-13-17-15-16/h10,12-15H,1-7,9H2. The summed E-state index contributed by atoms with van der Waals surface area (Å²) in [5.74, 6) is 6.29. The molecule has 0 radical (unpaired) electrons. The number of carbonyl (C=O) groups is 1. The topological polar surface area (TPSA) is 30.0 Å². The van der Waals surface area contributed by atoms with Gasteiger partial charge in [0.15, 0.2) is 0 Å². The van der Waals surface area contributed by atoms with Crippen LogP contribution >= 0.6 is 0 Å². The van der Waals surface area contributed by atoms with Gasteiger partial charge in [-0.3, -0.25) is 4.98 Å². The summed E-state index contributed by atoms with van der Waals surface area (Å²) >= 11 is 0. The van der Waals surface area contributed by atoms with Crippen molar-refractivity contribution in [3.63, 3.8) is 0 Å². The lowest BCUT2D eigenvalue weighted by atomic mass is 10.1. The summed E-state index contributed by atoms with van der Waals surface area (Å²) in [5, 5.41) is 0. The highest BCUT2D eigenvalue weighted by Gasteiger charge is 1.90. The molecule has 0 saturated carbocycles. The zero-order valence-electron chi connectivity index (χ0n) is 10.9. The molecule has 0 bridgehead atoms. The summed E-state index contributed by atoms with van der Waals surface area (Å²) in [4.78, 5) is 14.1. The zero-order valence-corrected chi connectivity index (χ0v) is 10.9. The van der Waals surface area contributed by atoms with Crippen molar-refractivity contribution < 1.29 is 4.79 Å². The molecule has 0 atom stereocenters. The fraction of sp³-hybridized carbons (Fsp3) is 0.500. The molecule has 0 aliphatic carbocycles. The van der Waals surface area contributed by atoms with E-state index in [1.807, 2.05) is 12.1 Å². The largest absolute Gasteiger partial charge is 0.303 e. The van der Waals surface area contributed by atoms with E-state index in [1.165, 1.54) is 32.1 Å². The van der Waals surface area contributed by atoms with Crippen LogP contribution in [0.3, 0.4) is 0 Å². The van der Waals surface area contributed by atoms with Crippen LogP contribution in [0.2, 0.25) is 0 Å². The summed E-state index contributed by atoms with van der Waals surface area (Å²) in [7, 11) is 0. The molecule has 1 heterocycles. The molecule has 0 fully saturated rings. The smallest absolute Gasteiger partial charge is 0.119 e. The van der Waals surface area contributed by atoms with Gasteiger partial charge in [0.1, 0.15) is 6.29 Å². The average Bonchev–Trinajstić information content (AvgIpc) is 2.42. The predicted octanol–water partition coefficient (Wildman–Crippen LogP) is 3.75. The molecule has 1 aromatic rings. The van der Waals surface area contributed by atoms with Crippen LogP contribution in [0.1, 0.15) is 56.9 Å². The van der Waals surface area contributed by atoms with Crippen molar-refractivity contribution in [1.29, 1.82) is 0 Å². The number of unbranched alkanes of at least 4 members (excludes halogenated alkanes) is 7. The Bertz CT molecular complexity index is 375. The van der Waals surface area contributed by atoms with E-state index in [0.717, 1.165) is 31.1 Å². The van der Waals surface area contributed by atoms with Gasteiger partial charge in [0.05, 0.1) is 0 Å². The Morgan fingerprint density at radius 1 is 1.11 bits per heavy atom. The quantitative estimate of drug-likeness (QED) is 0.395. The first kappa shape index (κ1) is 14.4. The van der Waals surface area contributed by atoms with Crippen molar-refractivity contribution in [3.05, 3.63) is 30.1 Å². The Morgan fingerprint density at radius 3 is 2.61 bits per heavy atom. The van der Waals surface area contributed by atoms with Crippen LogP contribution in [0.5, 0.6) is 0 Å². The van der Waals surface area contributed by atoms with Gasteiger partial charge in [-0.25, -0.2) is 0 Å². The molecule has 96 valence electrons. The van der Waals surface area contributed by atoms with E-state index < -0.39 is 0 Å². The van der Waals surface area contributed by atoms with Gasteiger partial charge in [0, 0.05) is 30.8 Å². The van der Waals surface area contributed by atoms with Gasteiger partial charge in [-0.2, -0.15) is 0 Å². The second kappa shape index (κ2) is 10.5. The van der Waals surface area contributed by atoms with Gasteiger partial charge in [-0.15, -0.1) is 0 Å². The first-order valence-corrected chi connectivity index (χ1v) is 6.76. The highest BCUT2D eigenvalue weighted by Crippen LogP contribution is 2.07. The summed E-state index contributed by atoms with van der Waals surface area (Å²) in [6.45, 7) is 0. The maximum atomic E-state index is 10.1. The summed E-state index contributed by atoms with van der Waals surface area (Å²) in [5.41, 5.74) is 0.992. The molecule has 18 heavy (non-hydrogen) atoms. The van der Waals surface area contributed by atoms with E-state index in [2.05, 4.69) is 16.8 Å². The Hall–Kier alpha value is -1.62. The van der Waals surface area contributed by atoms with Crippen molar-refractivity contribution >= 4 is 6.29 Å². The molecule has 0 amide bonds. The van der Waals surface area contributed by atoms with E-state index in [1.54, 1.807) is 12.4 Å². The van der Waals surface area contributed by atoms with Gasteiger partial charge in [0.25, 0.3) is 0 Å². The maximum absolute atomic E-state index is 10.1. The number of hydrogen-bond donors (Lipinski definition) is 0. The predicted molar refractivity (Wildman–Crippen MR) is 74.1 cm³/mol. The van der Waals surface area contributed by atoms with Crippen molar-refractivity contribution in [2.45, 2.75) is 51.4 Å². The molecular weight excluding hydrogens is 222 g/mol. The van der Waals surface area contributed by atoms with Crippen LogP contribution in [-0.4, -0.2) is 11.3 Å². The van der Waals surface area contributed by atoms with Crippen LogP contribution in [0.15, 0.2) is 24.5 Å². The molecule has 1 rings (SSSR count). The van der Waals surface area contributed by atoms with Crippen LogP contribution in [-0.2, 0) is 4.79 Å². The molecule has 0 N–H and O–H groups in total. The average molecular weight is 243 g/mol. The Morgan fingerprint density at radius 2 is 1.89 bits per heavy atom. The molecule has 0 spiro atoms. The Balaban J connectivity index is 1.96. The van der Waals surface area contributed by atoms with E-state index in [9.17, 15) is 4.79 Å². The fourth-order valence-corrected chi connectivity index (χ4v) is 1.75. The third-order valence-electron chi connectivity index (χ3n) is 2.77. The molecule has 0 aliphatic rings. The van der Waals surface area contributed by atoms with Crippen molar-refractivity contribution in [1.82, 2.24) is 4.98 Å². The fourth-order valence-electron chi connectivity index (χ4n) is 1.75. The number of aldehydes is 1. The first-order chi connectivity index (χ1) is 8.93. The van der Waals surface area contributed by atoms with Gasteiger partial charge in [-0.1, -0.05) is 37.5 Å². The van der Waals surface area contributed by atoms with Gasteiger partial charge < -0.3 is 4.79 Å². The minimum absolute atomic E-state index is 0.719. The SMILES string of the molecule is O=CCCCCCCCCC#Cc1cccnc1. The first-order valence-electron chi connectivity index (χ1n) is 6.76. The molecule has 0 saturated heterocycles. The third kappa shape index (κ3) is 7.62. The van der Waals surface area contributed by atoms with Crippen LogP contribution in [0, 0.1) is 11.8 Å². The summed E-state index contributed by atoms with van der Waals surface area (Å²) in [6, 6.07) is 3.89. The molecule has 1 aromatic heterocycles. The van der Waals surface area contributed by atoms with Crippen LogP contribution < -0.4 is 0 Å². The normalized spacial score (nSPS) is 9.56. The van der Waals surface area contributed by atoms with Gasteiger partial charge >= 0.3 is 0 Å². The number of aromatic nitrogens is 1. The minimum atomic E-state index is 0.719. The second-order valence-electron chi connectivity index (χ2n) is 4.37.